The quantitative estimate of drug-likeness (QED) is 0.169. The summed E-state index contributed by atoms with van der Waals surface area (Å²) in [5.41, 5.74) is 13.1. The van der Waals surface area contributed by atoms with Crippen LogP contribution in [0, 0.1) is 17.8 Å². The fraction of sp³-hybridized carbons (Fsp3) is 0.192. The molecule has 0 saturated heterocycles. The second-order valence-electron chi connectivity index (χ2n) is 16.8. The molecule has 3 nitrogen and oxygen atoms in total. The number of benzene rings is 7. The highest BCUT2D eigenvalue weighted by Crippen LogP contribution is 2.61. The van der Waals surface area contributed by atoms with Crippen LogP contribution in [0.4, 0.5) is 34.1 Å². The molecule has 7 aromatic carbocycles. The molecule has 4 saturated carbocycles. The molecule has 56 heavy (non-hydrogen) atoms. The molecule has 1 aliphatic heterocycles. The van der Waals surface area contributed by atoms with Crippen LogP contribution in [0.25, 0.3) is 33.1 Å². The van der Waals surface area contributed by atoms with E-state index in [1.807, 2.05) is 17.8 Å². The number of hydrogen-bond donors (Lipinski definition) is 0. The summed E-state index contributed by atoms with van der Waals surface area (Å²) in [5, 5.41) is 2.27. The molecule has 1 aromatic heterocycles. The van der Waals surface area contributed by atoms with E-state index in [2.05, 4.69) is 168 Å². The van der Waals surface area contributed by atoms with E-state index >= 15 is 0 Å². The number of nitrogens with zero attached hydrogens (tertiary/aromatic N) is 2. The smallest absolute Gasteiger partial charge is 0.137 e. The topological polar surface area (TPSA) is 19.6 Å². The molecule has 0 atom stereocenters. The van der Waals surface area contributed by atoms with Gasteiger partial charge in [0.05, 0.1) is 11.4 Å². The molecule has 0 amide bonds. The van der Waals surface area contributed by atoms with Gasteiger partial charge in [-0.15, -0.1) is 0 Å². The zero-order valence-electron chi connectivity index (χ0n) is 31.3. The van der Waals surface area contributed by atoms with E-state index in [9.17, 15) is 0 Å². The Morgan fingerprint density at radius 2 is 1.02 bits per heavy atom. The SMILES string of the molecule is c1ccc2c(c1)Sc1ccccc1N2c1ccc(N(c2ccc(-c3ccc(C45CC6CC(CC(C6)C4)C5)cc3)cc2)c2ccc3c(c2)oc2ccccc23)cc1. The van der Waals surface area contributed by atoms with Crippen molar-refractivity contribution in [1.82, 2.24) is 0 Å². The maximum atomic E-state index is 6.41. The first kappa shape index (κ1) is 32.5. The molecular formula is C52H42N2OS. The van der Waals surface area contributed by atoms with E-state index < -0.39 is 0 Å². The lowest BCUT2D eigenvalue weighted by atomic mass is 9.48. The number of anilines is 6. The maximum Gasteiger partial charge on any atom is 0.137 e. The fourth-order valence-electron chi connectivity index (χ4n) is 11.3. The van der Waals surface area contributed by atoms with E-state index in [-0.39, 0.29) is 0 Å². The van der Waals surface area contributed by atoms with Crippen LogP contribution < -0.4 is 9.80 Å². The van der Waals surface area contributed by atoms with E-state index in [0.717, 1.165) is 62.4 Å². The van der Waals surface area contributed by atoms with Gasteiger partial charge in [0, 0.05) is 49.4 Å². The van der Waals surface area contributed by atoms with Gasteiger partial charge in [0.25, 0.3) is 0 Å². The largest absolute Gasteiger partial charge is 0.456 e. The van der Waals surface area contributed by atoms with Crippen LogP contribution in [-0.2, 0) is 5.41 Å². The van der Waals surface area contributed by atoms with Crippen molar-refractivity contribution in [2.45, 2.75) is 53.7 Å². The van der Waals surface area contributed by atoms with Crippen LogP contribution in [-0.4, -0.2) is 0 Å². The van der Waals surface area contributed by atoms with Gasteiger partial charge in [0.1, 0.15) is 11.2 Å². The Bertz CT molecular complexity index is 2680. The molecule has 5 aliphatic rings. The molecule has 13 rings (SSSR count). The van der Waals surface area contributed by atoms with Crippen LogP contribution in [0.1, 0.15) is 44.1 Å². The summed E-state index contributed by atoms with van der Waals surface area (Å²) >= 11 is 1.84. The van der Waals surface area contributed by atoms with Gasteiger partial charge in [-0.1, -0.05) is 90.6 Å². The molecule has 4 aliphatic carbocycles. The summed E-state index contributed by atoms with van der Waals surface area (Å²) in [7, 11) is 0. The zero-order chi connectivity index (χ0) is 36.8. The molecule has 272 valence electrons. The summed E-state index contributed by atoms with van der Waals surface area (Å²) in [6.45, 7) is 0. The Labute approximate surface area is 332 Å². The van der Waals surface area contributed by atoms with Crippen LogP contribution in [0.2, 0.25) is 0 Å². The molecular weight excluding hydrogens is 701 g/mol. The minimum atomic E-state index is 0.424. The monoisotopic (exact) mass is 742 g/mol. The average molecular weight is 743 g/mol. The standard InChI is InChI=1S/C52H42N2OS/c1-4-10-48-44(7-1)45-26-25-43(30-49(45)55-48)53(41-21-23-42(24-22-41)54-46-8-2-5-11-50(46)56-51-12-6-3-9-47(51)54)40-19-15-38(16-20-40)37-13-17-39(18-14-37)52-31-34-27-35(32-52)29-36(28-34)33-52/h1-26,30,34-36H,27-29,31-33H2. The van der Waals surface area contributed by atoms with Gasteiger partial charge in [-0.25, -0.2) is 0 Å². The van der Waals surface area contributed by atoms with E-state index in [1.165, 1.54) is 70.8 Å². The number of para-hydroxylation sites is 3. The minimum Gasteiger partial charge on any atom is -0.456 e. The van der Waals surface area contributed by atoms with Crippen molar-refractivity contribution < 1.29 is 4.42 Å². The van der Waals surface area contributed by atoms with Gasteiger partial charge in [0.2, 0.25) is 0 Å². The second kappa shape index (κ2) is 12.7. The van der Waals surface area contributed by atoms with Crippen LogP contribution in [0.5, 0.6) is 0 Å². The first-order valence-electron chi connectivity index (χ1n) is 20.3. The third-order valence-corrected chi connectivity index (χ3v) is 14.5. The third-order valence-electron chi connectivity index (χ3n) is 13.4. The Balaban J connectivity index is 0.908. The molecule has 4 bridgehead atoms. The van der Waals surface area contributed by atoms with Gasteiger partial charge in [-0.2, -0.15) is 0 Å². The lowest BCUT2D eigenvalue weighted by Gasteiger charge is -2.57. The highest BCUT2D eigenvalue weighted by atomic mass is 32.2. The predicted molar refractivity (Wildman–Crippen MR) is 232 cm³/mol. The van der Waals surface area contributed by atoms with Gasteiger partial charge in [0.15, 0.2) is 0 Å². The van der Waals surface area contributed by atoms with Crippen molar-refractivity contribution in [2.24, 2.45) is 17.8 Å². The molecule has 0 unspecified atom stereocenters. The van der Waals surface area contributed by atoms with Gasteiger partial charge < -0.3 is 14.2 Å². The van der Waals surface area contributed by atoms with Crippen molar-refractivity contribution >= 4 is 67.8 Å². The molecule has 2 heterocycles. The van der Waals surface area contributed by atoms with E-state index in [1.54, 1.807) is 5.56 Å². The summed E-state index contributed by atoms with van der Waals surface area (Å²) in [4.78, 5) is 7.26. The highest BCUT2D eigenvalue weighted by Gasteiger charge is 2.51. The summed E-state index contributed by atoms with van der Waals surface area (Å²) in [6, 6.07) is 60.1. The van der Waals surface area contributed by atoms with Gasteiger partial charge >= 0.3 is 0 Å². The van der Waals surface area contributed by atoms with Gasteiger partial charge in [-0.3, -0.25) is 0 Å². The Hall–Kier alpha value is -5.71. The van der Waals surface area contributed by atoms with Crippen LogP contribution >= 0.6 is 11.8 Å². The van der Waals surface area contributed by atoms with Crippen molar-refractivity contribution in [2.75, 3.05) is 9.80 Å². The Kier molecular flexibility index (Phi) is 7.35. The molecule has 4 heteroatoms. The fourth-order valence-corrected chi connectivity index (χ4v) is 12.4. The number of rotatable bonds is 6. The summed E-state index contributed by atoms with van der Waals surface area (Å²) in [6.07, 6.45) is 8.66. The van der Waals surface area contributed by atoms with Crippen molar-refractivity contribution in [1.29, 1.82) is 0 Å². The number of hydrogen-bond acceptors (Lipinski definition) is 4. The Morgan fingerprint density at radius 3 is 1.66 bits per heavy atom. The normalized spacial score (nSPS) is 22.0. The molecule has 0 radical (unpaired) electrons. The Morgan fingerprint density at radius 1 is 0.500 bits per heavy atom. The van der Waals surface area contributed by atoms with Gasteiger partial charge in [-0.05, 0) is 157 Å². The van der Waals surface area contributed by atoms with Crippen molar-refractivity contribution in [3.05, 3.63) is 169 Å². The second-order valence-corrected chi connectivity index (χ2v) is 17.9. The zero-order valence-corrected chi connectivity index (χ0v) is 32.1. The highest BCUT2D eigenvalue weighted by molar-refractivity contribution is 7.99. The van der Waals surface area contributed by atoms with Crippen molar-refractivity contribution in [3.8, 4) is 11.1 Å². The minimum absolute atomic E-state index is 0.424. The number of furan rings is 1. The van der Waals surface area contributed by atoms with Crippen molar-refractivity contribution in [3.63, 3.8) is 0 Å². The maximum absolute atomic E-state index is 6.41. The van der Waals surface area contributed by atoms with E-state index in [4.69, 9.17) is 4.42 Å². The predicted octanol–water partition coefficient (Wildman–Crippen LogP) is 15.1. The van der Waals surface area contributed by atoms with Crippen LogP contribution in [0.15, 0.2) is 178 Å². The first-order valence-corrected chi connectivity index (χ1v) is 21.1. The third kappa shape index (κ3) is 5.26. The summed E-state index contributed by atoms with van der Waals surface area (Å²) < 4.78 is 6.41. The van der Waals surface area contributed by atoms with Crippen LogP contribution in [0.3, 0.4) is 0 Å². The first-order chi connectivity index (χ1) is 27.6. The molecule has 8 aromatic rings. The summed E-state index contributed by atoms with van der Waals surface area (Å²) in [5.74, 6) is 2.87. The molecule has 0 spiro atoms. The lowest BCUT2D eigenvalue weighted by Crippen LogP contribution is -2.48. The average Bonchev–Trinajstić information content (AvgIpc) is 3.61. The molecule has 4 fully saturated rings. The van der Waals surface area contributed by atoms with E-state index in [0.29, 0.717) is 5.41 Å². The molecule has 0 N–H and O–H groups in total. The number of fused-ring (bicyclic) bond motifs is 5. The lowest BCUT2D eigenvalue weighted by molar-refractivity contribution is -0.00518.